The number of hydrogen-bond donors (Lipinski definition) is 2. The minimum absolute atomic E-state index is 0.0125. The molecule has 1 aromatic heterocycles. The van der Waals surface area contributed by atoms with Gasteiger partial charge in [-0.15, -0.1) is 11.3 Å². The predicted octanol–water partition coefficient (Wildman–Crippen LogP) is 4.15. The van der Waals surface area contributed by atoms with E-state index in [1.807, 2.05) is 24.3 Å². The molecule has 0 aliphatic carbocycles. The number of amides is 2. The topological polar surface area (TPSA) is 113 Å². The summed E-state index contributed by atoms with van der Waals surface area (Å²) >= 11 is 1.29. The van der Waals surface area contributed by atoms with Crippen molar-refractivity contribution in [3.63, 3.8) is 0 Å². The second-order valence-electron chi connectivity index (χ2n) is 8.67. The first-order chi connectivity index (χ1) is 17.3. The molecule has 3 aromatic rings. The van der Waals surface area contributed by atoms with Crippen LogP contribution >= 0.6 is 11.3 Å². The molecule has 0 radical (unpaired) electrons. The molecule has 10 heteroatoms. The van der Waals surface area contributed by atoms with E-state index >= 15 is 0 Å². The Morgan fingerprint density at radius 3 is 2.31 bits per heavy atom. The largest absolute Gasteiger partial charge is 0.457 e. The number of sulfone groups is 1. The van der Waals surface area contributed by atoms with Crippen molar-refractivity contribution in [2.75, 3.05) is 18.8 Å². The molecule has 1 fully saturated rings. The third kappa shape index (κ3) is 5.30. The van der Waals surface area contributed by atoms with Crippen LogP contribution in [0.2, 0.25) is 0 Å². The van der Waals surface area contributed by atoms with Gasteiger partial charge in [0.1, 0.15) is 16.2 Å². The van der Waals surface area contributed by atoms with Crippen molar-refractivity contribution >= 4 is 33.0 Å². The van der Waals surface area contributed by atoms with Gasteiger partial charge in [0.2, 0.25) is 5.91 Å². The molecule has 190 valence electrons. The monoisotopic (exact) mass is 528 g/mol. The zero-order valence-electron chi connectivity index (χ0n) is 19.8. The number of nitrogens with zero attached hydrogens (tertiary/aromatic N) is 1. The number of rotatable bonds is 7. The lowest BCUT2D eigenvalue weighted by Crippen LogP contribution is -2.42. The Morgan fingerprint density at radius 2 is 1.72 bits per heavy atom. The van der Waals surface area contributed by atoms with Gasteiger partial charge < -0.3 is 9.64 Å². The minimum atomic E-state index is -3.90. The molecule has 1 aliphatic rings. The molecular weight excluding hydrogens is 500 g/mol. The van der Waals surface area contributed by atoms with Gasteiger partial charge in [0.05, 0.1) is 17.1 Å². The Balaban J connectivity index is 1.63. The number of hydroxylamine groups is 1. The Kier molecular flexibility index (Phi) is 7.77. The summed E-state index contributed by atoms with van der Waals surface area (Å²) in [7, 11) is -3.90. The zero-order valence-corrected chi connectivity index (χ0v) is 21.5. The zero-order chi connectivity index (χ0) is 25.8. The molecule has 1 atom stereocenters. The Labute approximate surface area is 214 Å². The van der Waals surface area contributed by atoms with Gasteiger partial charge in [-0.1, -0.05) is 37.3 Å². The van der Waals surface area contributed by atoms with Crippen LogP contribution in [0.25, 0.3) is 0 Å². The highest BCUT2D eigenvalue weighted by Gasteiger charge is 2.49. The van der Waals surface area contributed by atoms with Crippen molar-refractivity contribution < 1.29 is 28.0 Å². The van der Waals surface area contributed by atoms with Crippen molar-refractivity contribution in [1.29, 1.82) is 0 Å². The summed E-state index contributed by atoms with van der Waals surface area (Å²) in [4.78, 5) is 27.2. The highest BCUT2D eigenvalue weighted by atomic mass is 32.2. The van der Waals surface area contributed by atoms with Gasteiger partial charge in [-0.3, -0.25) is 14.8 Å². The van der Waals surface area contributed by atoms with E-state index in [2.05, 4.69) is 6.92 Å². The van der Waals surface area contributed by atoms with Crippen LogP contribution in [-0.2, 0) is 25.8 Å². The number of hydrogen-bond acceptors (Lipinski definition) is 7. The van der Waals surface area contributed by atoms with Gasteiger partial charge in [0, 0.05) is 13.1 Å². The van der Waals surface area contributed by atoms with Gasteiger partial charge in [0.25, 0.3) is 5.91 Å². The van der Waals surface area contributed by atoms with Crippen LogP contribution in [0.5, 0.6) is 11.5 Å². The molecule has 1 saturated heterocycles. The molecule has 2 aromatic carbocycles. The number of ether oxygens (including phenoxy) is 1. The summed E-state index contributed by atoms with van der Waals surface area (Å²) < 4.78 is 31.6. The maximum absolute atomic E-state index is 13.6. The van der Waals surface area contributed by atoms with Crippen LogP contribution in [0.4, 0.5) is 0 Å². The van der Waals surface area contributed by atoms with E-state index in [9.17, 15) is 23.2 Å². The highest BCUT2D eigenvalue weighted by Crippen LogP contribution is 2.41. The Morgan fingerprint density at radius 1 is 1.06 bits per heavy atom. The summed E-state index contributed by atoms with van der Waals surface area (Å²) in [6.07, 6.45) is 0.466. The lowest BCUT2D eigenvalue weighted by Gasteiger charge is -2.32. The average molecular weight is 529 g/mol. The van der Waals surface area contributed by atoms with Gasteiger partial charge >= 0.3 is 0 Å². The van der Waals surface area contributed by atoms with E-state index in [0.29, 0.717) is 21.9 Å². The molecule has 1 unspecified atom stereocenters. The molecule has 2 heterocycles. The minimum Gasteiger partial charge on any atom is -0.457 e. The SMILES string of the molecule is CCc1ccc(Oc2ccc(C3(CC(=O)NO)CCN(C(=O)c4cccs4)CCS3(=O)=O)cc2)cc1. The molecule has 36 heavy (non-hydrogen) atoms. The number of thiophene rings is 1. The maximum Gasteiger partial charge on any atom is 0.263 e. The summed E-state index contributed by atoms with van der Waals surface area (Å²) in [5.74, 6) is -0.178. The normalized spacial score (nSPS) is 19.3. The first kappa shape index (κ1) is 25.9. The second-order valence-corrected chi connectivity index (χ2v) is 12.0. The van der Waals surface area contributed by atoms with Gasteiger partial charge in [-0.2, -0.15) is 0 Å². The van der Waals surface area contributed by atoms with Crippen LogP contribution in [0.1, 0.15) is 40.6 Å². The number of aryl methyl sites for hydroxylation is 1. The molecule has 2 N–H and O–H groups in total. The number of carbonyl (C=O) groups excluding carboxylic acids is 2. The third-order valence-electron chi connectivity index (χ3n) is 6.55. The molecule has 0 saturated carbocycles. The molecular formula is C26H28N2O6S2. The van der Waals surface area contributed by atoms with Gasteiger partial charge in [-0.25, -0.2) is 13.9 Å². The molecule has 0 bridgehead atoms. The predicted molar refractivity (Wildman–Crippen MR) is 137 cm³/mol. The van der Waals surface area contributed by atoms with Crippen molar-refractivity contribution in [3.8, 4) is 11.5 Å². The fourth-order valence-corrected chi connectivity index (χ4v) is 7.24. The molecule has 1 aliphatic heterocycles. The lowest BCUT2D eigenvalue weighted by atomic mass is 9.90. The number of nitrogens with one attached hydrogen (secondary N) is 1. The molecule has 2 amide bonds. The first-order valence-corrected chi connectivity index (χ1v) is 14.2. The van der Waals surface area contributed by atoms with E-state index in [-0.39, 0.29) is 31.2 Å². The van der Waals surface area contributed by atoms with E-state index in [1.165, 1.54) is 21.8 Å². The van der Waals surface area contributed by atoms with E-state index in [4.69, 9.17) is 4.74 Å². The van der Waals surface area contributed by atoms with Crippen LogP contribution in [0, 0.1) is 0 Å². The fraction of sp³-hybridized carbons (Fsp3) is 0.308. The van der Waals surface area contributed by atoms with E-state index < -0.39 is 26.9 Å². The van der Waals surface area contributed by atoms with Crippen LogP contribution < -0.4 is 10.2 Å². The summed E-state index contributed by atoms with van der Waals surface area (Å²) in [5, 5.41) is 11.0. The van der Waals surface area contributed by atoms with Crippen molar-refractivity contribution in [2.45, 2.75) is 30.9 Å². The Hall–Kier alpha value is -3.21. The molecule has 8 nitrogen and oxygen atoms in total. The third-order valence-corrected chi connectivity index (χ3v) is 9.90. The standard InChI is InChI=1S/C26H28N2O6S2/c1-2-19-5-9-21(10-6-19)34-22-11-7-20(8-12-22)26(18-24(29)27-31)13-14-28(15-17-36(26,32)33)25(30)23-4-3-16-35-23/h3-12,16,31H,2,13-15,17-18H2,1H3,(H,27,29). The highest BCUT2D eigenvalue weighted by molar-refractivity contribution is 7.92. The van der Waals surface area contributed by atoms with E-state index in [1.54, 1.807) is 47.3 Å². The lowest BCUT2D eigenvalue weighted by molar-refractivity contribution is -0.130. The number of benzene rings is 2. The Bertz CT molecular complexity index is 1310. The second kappa shape index (κ2) is 10.8. The van der Waals surface area contributed by atoms with E-state index in [0.717, 1.165) is 6.42 Å². The van der Waals surface area contributed by atoms with Crippen LogP contribution in [0.3, 0.4) is 0 Å². The van der Waals surface area contributed by atoms with Gasteiger partial charge in [-0.05, 0) is 59.7 Å². The fourth-order valence-electron chi connectivity index (χ4n) is 4.45. The van der Waals surface area contributed by atoms with Crippen molar-refractivity contribution in [1.82, 2.24) is 10.4 Å². The maximum atomic E-state index is 13.6. The van der Waals surface area contributed by atoms with Crippen molar-refractivity contribution in [3.05, 3.63) is 82.0 Å². The number of carbonyl (C=O) groups is 2. The average Bonchev–Trinajstić information content (AvgIpc) is 3.39. The molecule has 0 spiro atoms. The molecule has 4 rings (SSSR count). The summed E-state index contributed by atoms with van der Waals surface area (Å²) in [5.41, 5.74) is 3.16. The smallest absolute Gasteiger partial charge is 0.263 e. The summed E-state index contributed by atoms with van der Waals surface area (Å²) in [6.45, 7) is 2.24. The van der Waals surface area contributed by atoms with Gasteiger partial charge in [0.15, 0.2) is 9.84 Å². The van der Waals surface area contributed by atoms with Crippen molar-refractivity contribution in [2.24, 2.45) is 0 Å². The van der Waals surface area contributed by atoms with Crippen LogP contribution in [0.15, 0.2) is 66.0 Å². The quantitative estimate of drug-likeness (QED) is 0.352. The first-order valence-electron chi connectivity index (χ1n) is 11.6. The summed E-state index contributed by atoms with van der Waals surface area (Å²) in [6, 6.07) is 17.8. The van der Waals surface area contributed by atoms with Crippen LogP contribution in [-0.4, -0.2) is 49.2 Å².